The summed E-state index contributed by atoms with van der Waals surface area (Å²) in [6.45, 7) is 2.16. The summed E-state index contributed by atoms with van der Waals surface area (Å²) < 4.78 is 19.5. The first-order chi connectivity index (χ1) is 8.97. The van der Waals surface area contributed by atoms with Crippen LogP contribution in [0.1, 0.15) is 43.0 Å². The largest absolute Gasteiger partial charge is 0.487 e. The van der Waals surface area contributed by atoms with E-state index in [1.165, 1.54) is 12.5 Å². The van der Waals surface area contributed by atoms with E-state index in [0.717, 1.165) is 25.3 Å². The van der Waals surface area contributed by atoms with E-state index >= 15 is 0 Å². The van der Waals surface area contributed by atoms with Crippen molar-refractivity contribution in [1.29, 1.82) is 0 Å². The summed E-state index contributed by atoms with van der Waals surface area (Å²) in [5, 5.41) is 0. The van der Waals surface area contributed by atoms with E-state index in [2.05, 4.69) is 6.92 Å². The molecule has 1 aliphatic rings. The molecule has 0 bridgehead atoms. The topological polar surface area (TPSA) is 78.3 Å². The zero-order chi connectivity index (χ0) is 14.0. The van der Waals surface area contributed by atoms with Gasteiger partial charge in [0.15, 0.2) is 11.6 Å². The maximum Gasteiger partial charge on any atom is 0.250 e. The Bertz CT molecular complexity index is 491. The van der Waals surface area contributed by atoms with Crippen molar-refractivity contribution in [3.05, 3.63) is 23.5 Å². The fraction of sp³-hybridized carbons (Fsp3) is 0.500. The Balaban J connectivity index is 2.19. The fourth-order valence-corrected chi connectivity index (χ4v) is 2.54. The average molecular weight is 266 g/mol. The van der Waals surface area contributed by atoms with Crippen molar-refractivity contribution in [2.24, 2.45) is 11.7 Å². The molecule has 5 heteroatoms. The van der Waals surface area contributed by atoms with Crippen LogP contribution in [0.3, 0.4) is 0 Å². The molecule has 2 atom stereocenters. The highest BCUT2D eigenvalue weighted by molar-refractivity contribution is 5.98. The van der Waals surface area contributed by atoms with Crippen LogP contribution < -0.4 is 16.2 Å². The van der Waals surface area contributed by atoms with Gasteiger partial charge in [0.25, 0.3) is 5.91 Å². The number of nitrogen functional groups attached to an aromatic ring is 1. The zero-order valence-corrected chi connectivity index (χ0v) is 11.0. The van der Waals surface area contributed by atoms with Gasteiger partial charge in [-0.25, -0.2) is 4.39 Å². The Labute approximate surface area is 111 Å². The molecule has 0 heterocycles. The highest BCUT2D eigenvalue weighted by atomic mass is 19.1. The summed E-state index contributed by atoms with van der Waals surface area (Å²) >= 11 is 0. The number of hydrogen-bond donors (Lipinski definition) is 2. The van der Waals surface area contributed by atoms with Crippen LogP contribution in [-0.2, 0) is 0 Å². The molecule has 104 valence electrons. The van der Waals surface area contributed by atoms with E-state index in [0.29, 0.717) is 5.92 Å². The number of ether oxygens (including phenoxy) is 1. The van der Waals surface area contributed by atoms with E-state index in [1.807, 2.05) is 0 Å². The summed E-state index contributed by atoms with van der Waals surface area (Å²) in [6.07, 6.45) is 4.04. The van der Waals surface area contributed by atoms with Crippen LogP contribution in [0.25, 0.3) is 0 Å². The SMILES string of the molecule is CC1CCCC(Oc2cc(C(N)=O)c(N)cc2F)C1. The predicted octanol–water partition coefficient (Wildman–Crippen LogP) is 2.46. The lowest BCUT2D eigenvalue weighted by atomic mass is 9.89. The smallest absolute Gasteiger partial charge is 0.250 e. The first kappa shape index (κ1) is 13.6. The number of anilines is 1. The molecule has 1 fully saturated rings. The highest BCUT2D eigenvalue weighted by Crippen LogP contribution is 2.30. The van der Waals surface area contributed by atoms with Crippen LogP contribution >= 0.6 is 0 Å². The van der Waals surface area contributed by atoms with E-state index < -0.39 is 11.7 Å². The summed E-state index contributed by atoms with van der Waals surface area (Å²) in [6, 6.07) is 2.38. The van der Waals surface area contributed by atoms with Crippen molar-refractivity contribution >= 4 is 11.6 Å². The number of primary amides is 1. The van der Waals surface area contributed by atoms with Gasteiger partial charge < -0.3 is 16.2 Å². The zero-order valence-electron chi connectivity index (χ0n) is 11.0. The number of halogens is 1. The summed E-state index contributed by atoms with van der Waals surface area (Å²) in [5.74, 6) is -0.603. The summed E-state index contributed by atoms with van der Waals surface area (Å²) in [5.41, 5.74) is 10.9. The van der Waals surface area contributed by atoms with Crippen molar-refractivity contribution in [2.75, 3.05) is 5.73 Å². The molecule has 1 aromatic rings. The van der Waals surface area contributed by atoms with Gasteiger partial charge in [-0.2, -0.15) is 0 Å². The van der Waals surface area contributed by atoms with E-state index in [-0.39, 0.29) is 23.1 Å². The first-order valence-electron chi connectivity index (χ1n) is 6.53. The molecule has 1 amide bonds. The number of nitrogens with two attached hydrogens (primary N) is 2. The Kier molecular flexibility index (Phi) is 3.93. The third-order valence-electron chi connectivity index (χ3n) is 3.55. The van der Waals surface area contributed by atoms with Crippen molar-refractivity contribution in [3.8, 4) is 5.75 Å². The quantitative estimate of drug-likeness (QED) is 0.825. The molecular weight excluding hydrogens is 247 g/mol. The predicted molar refractivity (Wildman–Crippen MR) is 71.4 cm³/mol. The molecule has 0 spiro atoms. The van der Waals surface area contributed by atoms with Gasteiger partial charge in [0.2, 0.25) is 0 Å². The number of rotatable bonds is 3. The Morgan fingerprint density at radius 2 is 2.16 bits per heavy atom. The van der Waals surface area contributed by atoms with Crippen LogP contribution in [0.4, 0.5) is 10.1 Å². The standard InChI is InChI=1S/C14H19FN2O2/c1-8-3-2-4-9(5-8)19-13-6-10(14(17)18)12(16)7-11(13)15/h6-9H,2-5,16H2,1H3,(H2,17,18). The van der Waals surface area contributed by atoms with E-state index in [1.54, 1.807) is 0 Å². The van der Waals surface area contributed by atoms with Gasteiger partial charge in [-0.05, 0) is 31.2 Å². The van der Waals surface area contributed by atoms with Gasteiger partial charge >= 0.3 is 0 Å². The summed E-state index contributed by atoms with van der Waals surface area (Å²) in [7, 11) is 0. The molecule has 0 aromatic heterocycles. The van der Waals surface area contributed by atoms with Crippen LogP contribution in [0.2, 0.25) is 0 Å². The Hall–Kier alpha value is -1.78. The van der Waals surface area contributed by atoms with E-state index in [9.17, 15) is 9.18 Å². The molecule has 1 aromatic carbocycles. The second kappa shape index (κ2) is 5.47. The summed E-state index contributed by atoms with van der Waals surface area (Å²) in [4.78, 5) is 11.2. The Morgan fingerprint density at radius 1 is 1.42 bits per heavy atom. The van der Waals surface area contributed by atoms with Crippen LogP contribution in [-0.4, -0.2) is 12.0 Å². The number of carbonyl (C=O) groups excluding carboxylic acids is 1. The molecule has 1 aliphatic carbocycles. The number of amides is 1. The molecule has 4 N–H and O–H groups in total. The number of hydrogen-bond acceptors (Lipinski definition) is 3. The molecule has 4 nitrogen and oxygen atoms in total. The molecule has 2 rings (SSSR count). The minimum atomic E-state index is -0.681. The van der Waals surface area contributed by atoms with Crippen molar-refractivity contribution in [3.63, 3.8) is 0 Å². The average Bonchev–Trinajstić information content (AvgIpc) is 2.32. The maximum atomic E-state index is 13.8. The highest BCUT2D eigenvalue weighted by Gasteiger charge is 2.22. The van der Waals surface area contributed by atoms with Gasteiger partial charge in [0.05, 0.1) is 11.7 Å². The Morgan fingerprint density at radius 3 is 2.79 bits per heavy atom. The normalized spacial score (nSPS) is 23.1. The van der Waals surface area contributed by atoms with Gasteiger partial charge in [-0.15, -0.1) is 0 Å². The van der Waals surface area contributed by atoms with Gasteiger partial charge in [0.1, 0.15) is 0 Å². The van der Waals surface area contributed by atoms with Gasteiger partial charge in [-0.3, -0.25) is 4.79 Å². The number of carbonyl (C=O) groups is 1. The lowest BCUT2D eigenvalue weighted by Gasteiger charge is -2.27. The molecule has 0 saturated heterocycles. The van der Waals surface area contributed by atoms with Crippen molar-refractivity contribution in [1.82, 2.24) is 0 Å². The van der Waals surface area contributed by atoms with E-state index in [4.69, 9.17) is 16.2 Å². The second-order valence-electron chi connectivity index (χ2n) is 5.25. The second-order valence-corrected chi connectivity index (χ2v) is 5.25. The third kappa shape index (κ3) is 3.16. The molecule has 1 saturated carbocycles. The third-order valence-corrected chi connectivity index (χ3v) is 3.55. The molecular formula is C14H19FN2O2. The molecule has 2 unspecified atom stereocenters. The van der Waals surface area contributed by atoms with Crippen molar-refractivity contribution < 1.29 is 13.9 Å². The lowest BCUT2D eigenvalue weighted by molar-refractivity contribution is 0.0997. The molecule has 19 heavy (non-hydrogen) atoms. The minimum absolute atomic E-state index is 0.0115. The first-order valence-corrected chi connectivity index (χ1v) is 6.53. The van der Waals surface area contributed by atoms with Gasteiger partial charge in [-0.1, -0.05) is 13.3 Å². The monoisotopic (exact) mass is 266 g/mol. The van der Waals surface area contributed by atoms with Gasteiger partial charge in [0, 0.05) is 11.8 Å². The lowest BCUT2D eigenvalue weighted by Crippen LogP contribution is -2.25. The molecule has 0 aliphatic heterocycles. The van der Waals surface area contributed by atoms with Crippen molar-refractivity contribution in [2.45, 2.75) is 38.7 Å². The van der Waals surface area contributed by atoms with Crippen LogP contribution in [0.5, 0.6) is 5.75 Å². The maximum absolute atomic E-state index is 13.8. The fourth-order valence-electron chi connectivity index (χ4n) is 2.54. The van der Waals surface area contributed by atoms with Crippen LogP contribution in [0.15, 0.2) is 12.1 Å². The number of benzene rings is 1. The van der Waals surface area contributed by atoms with Crippen LogP contribution in [0, 0.1) is 11.7 Å². The minimum Gasteiger partial charge on any atom is -0.487 e. The molecule has 0 radical (unpaired) electrons.